The number of pyridine rings is 1. The Kier molecular flexibility index (Phi) is 5.91. The zero-order chi connectivity index (χ0) is 20.2. The highest BCUT2D eigenvalue weighted by molar-refractivity contribution is 6.06. The van der Waals surface area contributed by atoms with Crippen LogP contribution in [-0.2, 0) is 6.54 Å². The van der Waals surface area contributed by atoms with Gasteiger partial charge >= 0.3 is 0 Å². The summed E-state index contributed by atoms with van der Waals surface area (Å²) in [6.45, 7) is 7.22. The summed E-state index contributed by atoms with van der Waals surface area (Å²) in [6, 6.07) is 20.7. The van der Waals surface area contributed by atoms with Crippen LogP contribution in [0.15, 0.2) is 60.7 Å². The number of likely N-dealkylation sites (tertiary alicyclic amines) is 1. The molecule has 2 aromatic carbocycles. The second-order valence-electron chi connectivity index (χ2n) is 8.28. The number of amides is 1. The number of fused-ring (bicyclic) bond motifs is 1. The summed E-state index contributed by atoms with van der Waals surface area (Å²) >= 11 is 0. The Labute approximate surface area is 173 Å². The van der Waals surface area contributed by atoms with Crippen molar-refractivity contribution in [3.8, 4) is 0 Å². The maximum absolute atomic E-state index is 13.1. The van der Waals surface area contributed by atoms with E-state index < -0.39 is 0 Å². The highest BCUT2D eigenvalue weighted by Crippen LogP contribution is 2.23. The number of nitrogens with zero attached hydrogens (tertiary/aromatic N) is 2. The van der Waals surface area contributed by atoms with Gasteiger partial charge in [0.15, 0.2) is 0 Å². The Hall–Kier alpha value is -2.72. The molecule has 29 heavy (non-hydrogen) atoms. The first-order chi connectivity index (χ1) is 14.1. The van der Waals surface area contributed by atoms with Gasteiger partial charge in [0, 0.05) is 36.8 Å². The monoisotopic (exact) mass is 387 g/mol. The lowest BCUT2D eigenvalue weighted by Gasteiger charge is -2.32. The van der Waals surface area contributed by atoms with Crippen LogP contribution in [0.3, 0.4) is 0 Å². The van der Waals surface area contributed by atoms with E-state index in [1.807, 2.05) is 30.3 Å². The molecular weight excluding hydrogens is 358 g/mol. The average Bonchev–Trinajstić information content (AvgIpc) is 2.75. The van der Waals surface area contributed by atoms with Gasteiger partial charge in [0.05, 0.1) is 11.1 Å². The van der Waals surface area contributed by atoms with Crippen molar-refractivity contribution < 1.29 is 4.79 Å². The normalized spacial score (nSPS) is 15.7. The van der Waals surface area contributed by atoms with E-state index in [2.05, 4.69) is 54.4 Å². The Morgan fingerprint density at radius 3 is 2.48 bits per heavy atom. The van der Waals surface area contributed by atoms with Crippen LogP contribution in [0.5, 0.6) is 0 Å². The molecule has 0 unspecified atom stereocenters. The second-order valence-corrected chi connectivity index (χ2v) is 8.28. The third-order valence-electron chi connectivity index (χ3n) is 5.74. The molecule has 0 spiro atoms. The zero-order valence-corrected chi connectivity index (χ0v) is 17.3. The van der Waals surface area contributed by atoms with E-state index in [9.17, 15) is 4.79 Å². The van der Waals surface area contributed by atoms with Crippen molar-refractivity contribution in [3.63, 3.8) is 0 Å². The maximum atomic E-state index is 13.1. The molecule has 1 fully saturated rings. The Morgan fingerprint density at radius 2 is 1.76 bits per heavy atom. The van der Waals surface area contributed by atoms with E-state index in [-0.39, 0.29) is 17.9 Å². The van der Waals surface area contributed by atoms with E-state index in [1.54, 1.807) is 0 Å². The number of para-hydroxylation sites is 1. The first-order valence-electron chi connectivity index (χ1n) is 10.6. The number of carbonyl (C=O) groups is 1. The van der Waals surface area contributed by atoms with Crippen molar-refractivity contribution in [1.82, 2.24) is 15.2 Å². The largest absolute Gasteiger partial charge is 0.349 e. The van der Waals surface area contributed by atoms with E-state index >= 15 is 0 Å². The summed E-state index contributed by atoms with van der Waals surface area (Å²) in [5.74, 6) is 0.305. The molecule has 0 atom stereocenters. The van der Waals surface area contributed by atoms with Crippen LogP contribution in [0.1, 0.15) is 54.2 Å². The van der Waals surface area contributed by atoms with Gasteiger partial charge in [0.1, 0.15) is 0 Å². The lowest BCUT2D eigenvalue weighted by atomic mass is 10.0. The molecule has 2 heterocycles. The number of carbonyl (C=O) groups excluding carboxylic acids is 1. The van der Waals surface area contributed by atoms with Crippen LogP contribution in [0.25, 0.3) is 10.9 Å². The van der Waals surface area contributed by atoms with Crippen LogP contribution in [-0.4, -0.2) is 34.9 Å². The van der Waals surface area contributed by atoms with Crippen molar-refractivity contribution in [2.24, 2.45) is 0 Å². The van der Waals surface area contributed by atoms with E-state index in [0.29, 0.717) is 0 Å². The van der Waals surface area contributed by atoms with Gasteiger partial charge in [-0.1, -0.05) is 62.4 Å². The molecule has 150 valence electrons. The van der Waals surface area contributed by atoms with E-state index in [4.69, 9.17) is 4.98 Å². The smallest absolute Gasteiger partial charge is 0.252 e. The molecule has 1 N–H and O–H groups in total. The molecule has 0 bridgehead atoms. The van der Waals surface area contributed by atoms with Gasteiger partial charge in [0.25, 0.3) is 5.91 Å². The molecule has 0 radical (unpaired) electrons. The van der Waals surface area contributed by atoms with Crippen LogP contribution in [0, 0.1) is 0 Å². The molecule has 1 aliphatic heterocycles. The summed E-state index contributed by atoms with van der Waals surface area (Å²) in [5.41, 5.74) is 3.94. The third kappa shape index (κ3) is 4.65. The first kappa shape index (κ1) is 19.6. The van der Waals surface area contributed by atoms with Gasteiger partial charge in [-0.2, -0.15) is 0 Å². The molecule has 1 amide bonds. The molecule has 0 aliphatic carbocycles. The van der Waals surface area contributed by atoms with Crippen molar-refractivity contribution in [1.29, 1.82) is 0 Å². The molecular formula is C25H29N3O. The van der Waals surface area contributed by atoms with Crippen LogP contribution in [0.2, 0.25) is 0 Å². The number of benzene rings is 2. The Bertz CT molecular complexity index is 976. The molecule has 3 aromatic rings. The number of hydrogen-bond acceptors (Lipinski definition) is 3. The SMILES string of the molecule is CC(C)c1cc(C(=O)NC2CCN(Cc3ccccc3)CC2)c2ccccc2n1. The van der Waals surface area contributed by atoms with E-state index in [1.165, 1.54) is 5.56 Å². The molecule has 4 nitrogen and oxygen atoms in total. The van der Waals surface area contributed by atoms with E-state index in [0.717, 1.165) is 54.6 Å². The summed E-state index contributed by atoms with van der Waals surface area (Å²) in [4.78, 5) is 20.3. The minimum Gasteiger partial charge on any atom is -0.349 e. The summed E-state index contributed by atoms with van der Waals surface area (Å²) in [6.07, 6.45) is 1.97. The number of nitrogens with one attached hydrogen (secondary N) is 1. The molecule has 4 rings (SSSR count). The number of piperidine rings is 1. The number of rotatable bonds is 5. The number of aromatic nitrogens is 1. The molecule has 1 saturated heterocycles. The van der Waals surface area contributed by atoms with Crippen LogP contribution in [0.4, 0.5) is 0 Å². The summed E-state index contributed by atoms with van der Waals surface area (Å²) < 4.78 is 0. The van der Waals surface area contributed by atoms with Gasteiger partial charge in [-0.05, 0) is 36.5 Å². The standard InChI is InChI=1S/C25H29N3O/c1-18(2)24-16-22(21-10-6-7-11-23(21)27-24)25(29)26-20-12-14-28(15-13-20)17-19-8-4-3-5-9-19/h3-11,16,18,20H,12-15,17H2,1-2H3,(H,26,29). The average molecular weight is 388 g/mol. The van der Waals surface area contributed by atoms with Crippen molar-refractivity contribution in [3.05, 3.63) is 77.5 Å². The summed E-state index contributed by atoms with van der Waals surface area (Å²) in [7, 11) is 0. The predicted molar refractivity (Wildman–Crippen MR) is 118 cm³/mol. The number of hydrogen-bond donors (Lipinski definition) is 1. The van der Waals surface area contributed by atoms with Crippen molar-refractivity contribution in [2.45, 2.75) is 45.2 Å². The maximum Gasteiger partial charge on any atom is 0.252 e. The second kappa shape index (κ2) is 8.75. The van der Waals surface area contributed by atoms with Gasteiger partial charge < -0.3 is 5.32 Å². The molecule has 0 saturated carbocycles. The fourth-order valence-corrected chi connectivity index (χ4v) is 4.02. The molecule has 4 heteroatoms. The minimum atomic E-state index is 0.0204. The van der Waals surface area contributed by atoms with Gasteiger partial charge in [-0.15, -0.1) is 0 Å². The highest BCUT2D eigenvalue weighted by atomic mass is 16.1. The van der Waals surface area contributed by atoms with Crippen molar-refractivity contribution in [2.75, 3.05) is 13.1 Å². The van der Waals surface area contributed by atoms with Crippen LogP contribution >= 0.6 is 0 Å². The quantitative estimate of drug-likeness (QED) is 0.687. The fraction of sp³-hybridized carbons (Fsp3) is 0.360. The van der Waals surface area contributed by atoms with Gasteiger partial charge in [0.2, 0.25) is 0 Å². The lowest BCUT2D eigenvalue weighted by molar-refractivity contribution is 0.0910. The Morgan fingerprint density at radius 1 is 1.07 bits per heavy atom. The van der Waals surface area contributed by atoms with Crippen LogP contribution < -0.4 is 5.32 Å². The summed E-state index contributed by atoms with van der Waals surface area (Å²) in [5, 5.41) is 4.21. The fourth-order valence-electron chi connectivity index (χ4n) is 4.02. The highest BCUT2D eigenvalue weighted by Gasteiger charge is 2.22. The molecule has 1 aromatic heterocycles. The van der Waals surface area contributed by atoms with Gasteiger partial charge in [-0.3, -0.25) is 14.7 Å². The van der Waals surface area contributed by atoms with Crippen molar-refractivity contribution >= 4 is 16.8 Å². The molecule has 1 aliphatic rings. The van der Waals surface area contributed by atoms with Gasteiger partial charge in [-0.25, -0.2) is 0 Å². The minimum absolute atomic E-state index is 0.0204. The predicted octanol–water partition coefficient (Wildman–Crippen LogP) is 4.75. The zero-order valence-electron chi connectivity index (χ0n) is 17.3. The Balaban J connectivity index is 1.42. The topological polar surface area (TPSA) is 45.2 Å². The third-order valence-corrected chi connectivity index (χ3v) is 5.74. The lowest BCUT2D eigenvalue weighted by Crippen LogP contribution is -2.44. The first-order valence-corrected chi connectivity index (χ1v) is 10.6.